The van der Waals surface area contributed by atoms with E-state index in [9.17, 15) is 4.79 Å². The molecule has 0 aliphatic rings. The van der Waals surface area contributed by atoms with Gasteiger partial charge in [0.1, 0.15) is 5.58 Å². The first-order valence-electron chi connectivity index (χ1n) is 6.31. The molecule has 0 saturated heterocycles. The fourth-order valence-corrected chi connectivity index (χ4v) is 2.15. The van der Waals surface area contributed by atoms with Crippen LogP contribution in [0.3, 0.4) is 0 Å². The summed E-state index contributed by atoms with van der Waals surface area (Å²) in [6.07, 6.45) is 0. The molecule has 0 atom stereocenters. The second-order valence-electron chi connectivity index (χ2n) is 4.35. The summed E-state index contributed by atoms with van der Waals surface area (Å²) in [6.45, 7) is 0. The van der Waals surface area contributed by atoms with Gasteiger partial charge in [0, 0.05) is 17.0 Å². The third kappa shape index (κ3) is 2.95. The molecule has 0 aliphatic carbocycles. The monoisotopic (exact) mass is 298 g/mol. The number of nitrogens with zero attached hydrogens (tertiary/aromatic N) is 1. The van der Waals surface area contributed by atoms with Gasteiger partial charge in [-0.2, -0.15) is 0 Å². The smallest absolute Gasteiger partial charge is 0.271 e. The quantitative estimate of drug-likeness (QED) is 0.738. The number of halogens is 1. The molecule has 3 aromatic rings. The van der Waals surface area contributed by atoms with Gasteiger partial charge in [0.05, 0.1) is 5.02 Å². The van der Waals surface area contributed by atoms with Crippen LogP contribution in [0.15, 0.2) is 70.2 Å². The largest absolute Gasteiger partial charge is 0.437 e. The van der Waals surface area contributed by atoms with Gasteiger partial charge >= 0.3 is 0 Å². The lowest BCUT2D eigenvalue weighted by atomic mass is 10.2. The average molecular weight is 299 g/mol. The zero-order valence-electron chi connectivity index (χ0n) is 10.9. The minimum absolute atomic E-state index is 0.239. The highest BCUT2D eigenvalue weighted by Gasteiger charge is 2.04. The highest BCUT2D eigenvalue weighted by molar-refractivity contribution is 6.35. The Hall–Kier alpha value is -2.59. The van der Waals surface area contributed by atoms with E-state index in [1.807, 2.05) is 24.3 Å². The molecule has 1 N–H and O–H groups in total. The SMILES string of the molecule is O=C(NN=c1cc(Cl)c2ccccc2o1)c1ccccc1. The van der Waals surface area contributed by atoms with Gasteiger partial charge in [-0.25, -0.2) is 5.43 Å². The van der Waals surface area contributed by atoms with Gasteiger partial charge in [-0.15, -0.1) is 5.10 Å². The number of amides is 1. The first kappa shape index (κ1) is 13.4. The van der Waals surface area contributed by atoms with E-state index in [0.717, 1.165) is 5.39 Å². The Balaban J connectivity index is 1.92. The fraction of sp³-hybridized carbons (Fsp3) is 0. The van der Waals surface area contributed by atoms with Crippen LogP contribution in [0.4, 0.5) is 0 Å². The molecular weight excluding hydrogens is 288 g/mol. The maximum Gasteiger partial charge on any atom is 0.271 e. The number of hydrogen-bond donors (Lipinski definition) is 1. The van der Waals surface area contributed by atoms with Crippen molar-refractivity contribution in [1.29, 1.82) is 0 Å². The minimum atomic E-state index is -0.310. The molecule has 2 aromatic carbocycles. The molecule has 104 valence electrons. The molecule has 5 heteroatoms. The summed E-state index contributed by atoms with van der Waals surface area (Å²) in [5, 5.41) is 5.26. The summed E-state index contributed by atoms with van der Waals surface area (Å²) in [6, 6.07) is 17.7. The Morgan fingerprint density at radius 2 is 1.76 bits per heavy atom. The summed E-state index contributed by atoms with van der Waals surface area (Å²) < 4.78 is 5.56. The standard InChI is InChI=1S/C16H11ClN2O2/c17-13-10-15(21-14-9-5-4-8-12(13)14)18-19-16(20)11-6-2-1-3-7-11/h1-10H,(H,19,20). The maximum atomic E-state index is 11.9. The van der Waals surface area contributed by atoms with Crippen LogP contribution in [0.2, 0.25) is 5.02 Å². The van der Waals surface area contributed by atoms with Crippen LogP contribution >= 0.6 is 11.6 Å². The van der Waals surface area contributed by atoms with Crippen LogP contribution in [-0.2, 0) is 0 Å². The summed E-state index contributed by atoms with van der Waals surface area (Å²) in [7, 11) is 0. The number of rotatable bonds is 2. The Morgan fingerprint density at radius 1 is 1.05 bits per heavy atom. The summed E-state index contributed by atoms with van der Waals surface area (Å²) >= 11 is 6.16. The van der Waals surface area contributed by atoms with Crippen molar-refractivity contribution < 1.29 is 9.21 Å². The highest BCUT2D eigenvalue weighted by atomic mass is 35.5. The maximum absolute atomic E-state index is 11.9. The van der Waals surface area contributed by atoms with E-state index >= 15 is 0 Å². The lowest BCUT2D eigenvalue weighted by Gasteiger charge is -2.00. The molecule has 0 saturated carbocycles. The summed E-state index contributed by atoms with van der Waals surface area (Å²) in [5.74, 6) is -0.310. The lowest BCUT2D eigenvalue weighted by molar-refractivity contribution is 0.0951. The van der Waals surface area contributed by atoms with Crippen molar-refractivity contribution in [2.24, 2.45) is 5.10 Å². The molecule has 1 aromatic heterocycles. The van der Waals surface area contributed by atoms with Crippen molar-refractivity contribution in [3.05, 3.63) is 76.8 Å². The molecule has 0 spiro atoms. The van der Waals surface area contributed by atoms with Crippen molar-refractivity contribution >= 4 is 28.5 Å². The number of para-hydroxylation sites is 1. The van der Waals surface area contributed by atoms with Gasteiger partial charge in [0.25, 0.3) is 5.91 Å². The van der Waals surface area contributed by atoms with Crippen molar-refractivity contribution in [1.82, 2.24) is 5.43 Å². The molecule has 0 unspecified atom stereocenters. The predicted octanol–water partition coefficient (Wildman–Crippen LogP) is 3.33. The van der Waals surface area contributed by atoms with Gasteiger partial charge in [0.15, 0.2) is 0 Å². The van der Waals surface area contributed by atoms with Gasteiger partial charge in [0.2, 0.25) is 5.55 Å². The zero-order valence-corrected chi connectivity index (χ0v) is 11.7. The minimum Gasteiger partial charge on any atom is -0.437 e. The van der Waals surface area contributed by atoms with Crippen LogP contribution in [0.25, 0.3) is 11.0 Å². The van der Waals surface area contributed by atoms with E-state index in [0.29, 0.717) is 16.2 Å². The van der Waals surface area contributed by atoms with Crippen molar-refractivity contribution in [3.8, 4) is 0 Å². The van der Waals surface area contributed by atoms with Crippen molar-refractivity contribution in [2.75, 3.05) is 0 Å². The zero-order chi connectivity index (χ0) is 14.7. The Kier molecular flexibility index (Phi) is 3.71. The fourth-order valence-electron chi connectivity index (χ4n) is 1.90. The molecule has 3 rings (SSSR count). The molecule has 0 radical (unpaired) electrons. The van der Waals surface area contributed by atoms with E-state index in [2.05, 4.69) is 10.5 Å². The number of carbonyl (C=O) groups excluding carboxylic acids is 1. The first-order valence-corrected chi connectivity index (χ1v) is 6.69. The van der Waals surface area contributed by atoms with Gasteiger partial charge < -0.3 is 4.42 Å². The van der Waals surface area contributed by atoms with Crippen LogP contribution in [0.1, 0.15) is 10.4 Å². The molecule has 4 nitrogen and oxygen atoms in total. The van der Waals surface area contributed by atoms with E-state index in [1.54, 1.807) is 36.4 Å². The third-order valence-electron chi connectivity index (χ3n) is 2.91. The average Bonchev–Trinajstić information content (AvgIpc) is 2.53. The molecule has 1 heterocycles. The number of hydrogen-bond acceptors (Lipinski definition) is 3. The second-order valence-corrected chi connectivity index (χ2v) is 4.75. The topological polar surface area (TPSA) is 54.6 Å². The van der Waals surface area contributed by atoms with Crippen LogP contribution < -0.4 is 11.0 Å². The molecule has 0 bridgehead atoms. The first-order chi connectivity index (χ1) is 10.2. The van der Waals surface area contributed by atoms with Crippen LogP contribution in [0, 0.1) is 0 Å². The number of nitrogens with one attached hydrogen (secondary N) is 1. The van der Waals surface area contributed by atoms with Gasteiger partial charge in [-0.3, -0.25) is 4.79 Å². The van der Waals surface area contributed by atoms with Gasteiger partial charge in [-0.05, 0) is 24.3 Å². The lowest BCUT2D eigenvalue weighted by Crippen LogP contribution is -2.20. The van der Waals surface area contributed by atoms with Gasteiger partial charge in [-0.1, -0.05) is 41.9 Å². The second kappa shape index (κ2) is 5.81. The van der Waals surface area contributed by atoms with E-state index < -0.39 is 0 Å². The molecule has 0 fully saturated rings. The highest BCUT2D eigenvalue weighted by Crippen LogP contribution is 2.20. The van der Waals surface area contributed by atoms with Crippen LogP contribution in [0.5, 0.6) is 0 Å². The molecule has 1 amide bonds. The van der Waals surface area contributed by atoms with E-state index in [-0.39, 0.29) is 11.5 Å². The van der Waals surface area contributed by atoms with Crippen LogP contribution in [-0.4, -0.2) is 5.91 Å². The van der Waals surface area contributed by atoms with E-state index in [1.165, 1.54) is 0 Å². The number of benzene rings is 2. The molecular formula is C16H11ClN2O2. The Bertz CT molecular complexity index is 857. The summed E-state index contributed by atoms with van der Waals surface area (Å²) in [5.41, 5.74) is 3.81. The predicted molar refractivity (Wildman–Crippen MR) is 80.7 cm³/mol. The normalized spacial score (nSPS) is 11.6. The molecule has 0 aliphatic heterocycles. The third-order valence-corrected chi connectivity index (χ3v) is 3.23. The number of fused-ring (bicyclic) bond motifs is 1. The van der Waals surface area contributed by atoms with Crippen molar-refractivity contribution in [2.45, 2.75) is 0 Å². The Labute approximate surface area is 125 Å². The number of carbonyl (C=O) groups is 1. The van der Waals surface area contributed by atoms with E-state index in [4.69, 9.17) is 16.0 Å². The summed E-state index contributed by atoms with van der Waals surface area (Å²) in [4.78, 5) is 11.9. The Morgan fingerprint density at radius 3 is 2.57 bits per heavy atom. The van der Waals surface area contributed by atoms with Crippen molar-refractivity contribution in [3.63, 3.8) is 0 Å². The molecule has 21 heavy (non-hydrogen) atoms.